The van der Waals surface area contributed by atoms with Gasteiger partial charge in [0.05, 0.1) is 20.2 Å². The van der Waals surface area contributed by atoms with Crippen molar-refractivity contribution in [2.45, 2.75) is 12.3 Å². The predicted molar refractivity (Wildman–Crippen MR) is 111 cm³/mol. The van der Waals surface area contributed by atoms with Gasteiger partial charge in [0.15, 0.2) is 11.5 Å². The molecule has 6 bridgehead atoms. The van der Waals surface area contributed by atoms with Gasteiger partial charge in [-0.25, -0.2) is 0 Å². The number of ether oxygens (including phenoxy) is 3. The number of fused-ring (bicyclic) bond motifs is 10. The predicted octanol–water partition coefficient (Wildman–Crippen LogP) is 1.65. The highest BCUT2D eigenvalue weighted by Crippen LogP contribution is 2.41. The molecule has 3 aliphatic rings. The van der Waals surface area contributed by atoms with Gasteiger partial charge in [0, 0.05) is 30.6 Å². The second kappa shape index (κ2) is 9.04. The van der Waals surface area contributed by atoms with E-state index in [9.17, 15) is 9.59 Å². The lowest BCUT2D eigenvalue weighted by atomic mass is 9.84. The molecule has 2 amide bonds. The van der Waals surface area contributed by atoms with Crippen molar-refractivity contribution in [3.8, 4) is 17.2 Å². The van der Waals surface area contributed by atoms with E-state index in [0.29, 0.717) is 50.0 Å². The molecule has 2 aromatic carbocycles. The Morgan fingerprint density at radius 2 is 1.87 bits per heavy atom. The minimum atomic E-state index is -0.111. The van der Waals surface area contributed by atoms with Crippen LogP contribution in [0, 0.1) is 0 Å². The smallest absolute Gasteiger partial charge is 0.234 e. The quantitative estimate of drug-likeness (QED) is 0.618. The lowest BCUT2D eigenvalue weighted by molar-refractivity contribution is -0.120. The molecule has 1 atom stereocenters. The third-order valence-electron chi connectivity index (χ3n) is 5.17. The average Bonchev–Trinajstić information content (AvgIpc) is 2.75. The summed E-state index contributed by atoms with van der Waals surface area (Å²) in [5.74, 6) is 1.62. The second-order valence-corrected chi connectivity index (χ2v) is 7.19. The third-order valence-corrected chi connectivity index (χ3v) is 5.17. The van der Waals surface area contributed by atoms with Crippen molar-refractivity contribution in [2.24, 2.45) is 0 Å². The van der Waals surface area contributed by atoms with Gasteiger partial charge in [0.1, 0.15) is 19.0 Å². The third kappa shape index (κ3) is 4.49. The van der Waals surface area contributed by atoms with E-state index in [4.69, 9.17) is 14.2 Å². The van der Waals surface area contributed by atoms with Crippen LogP contribution in [-0.2, 0) is 9.59 Å². The number of hydrogen-bond acceptors (Lipinski definition) is 6. The largest absolute Gasteiger partial charge is 0.493 e. The van der Waals surface area contributed by atoms with E-state index < -0.39 is 0 Å². The molecule has 30 heavy (non-hydrogen) atoms. The van der Waals surface area contributed by atoms with Gasteiger partial charge in [0.2, 0.25) is 11.8 Å². The Hall–Kier alpha value is -3.26. The van der Waals surface area contributed by atoms with Gasteiger partial charge in [-0.15, -0.1) is 0 Å². The van der Waals surface area contributed by atoms with Crippen molar-refractivity contribution >= 4 is 17.5 Å². The fourth-order valence-corrected chi connectivity index (χ4v) is 3.71. The monoisotopic (exact) mass is 411 g/mol. The fourth-order valence-electron chi connectivity index (χ4n) is 3.71. The summed E-state index contributed by atoms with van der Waals surface area (Å²) in [5, 5.41) is 8.78. The van der Waals surface area contributed by atoms with Crippen molar-refractivity contribution in [3.63, 3.8) is 0 Å². The average molecular weight is 411 g/mol. The van der Waals surface area contributed by atoms with Crippen LogP contribution in [0.2, 0.25) is 0 Å². The summed E-state index contributed by atoms with van der Waals surface area (Å²) < 4.78 is 17.1. The number of rotatable bonds is 1. The molecule has 1 unspecified atom stereocenters. The number of carbonyl (C=O) groups is 2. The summed E-state index contributed by atoms with van der Waals surface area (Å²) in [6.07, 6.45) is 0.354. The zero-order chi connectivity index (χ0) is 20.9. The Balaban J connectivity index is 1.69. The molecule has 3 heterocycles. The van der Waals surface area contributed by atoms with Gasteiger partial charge in [-0.1, -0.05) is 12.1 Å². The van der Waals surface area contributed by atoms with Crippen molar-refractivity contribution in [2.75, 3.05) is 45.3 Å². The summed E-state index contributed by atoms with van der Waals surface area (Å²) in [7, 11) is 1.59. The van der Waals surface area contributed by atoms with Gasteiger partial charge in [-0.2, -0.15) is 0 Å². The molecule has 0 spiro atoms. The number of anilines is 1. The van der Waals surface area contributed by atoms with E-state index in [1.165, 1.54) is 0 Å². The van der Waals surface area contributed by atoms with E-state index in [-0.39, 0.29) is 24.3 Å². The van der Waals surface area contributed by atoms with Crippen LogP contribution in [0.15, 0.2) is 36.4 Å². The van der Waals surface area contributed by atoms with Crippen LogP contribution in [0.25, 0.3) is 0 Å². The van der Waals surface area contributed by atoms with Crippen molar-refractivity contribution in [3.05, 3.63) is 47.5 Å². The highest BCUT2D eigenvalue weighted by molar-refractivity contribution is 5.95. The molecule has 2 aromatic rings. The van der Waals surface area contributed by atoms with E-state index >= 15 is 0 Å². The minimum Gasteiger partial charge on any atom is -0.493 e. The lowest BCUT2D eigenvalue weighted by Crippen LogP contribution is -2.37. The van der Waals surface area contributed by atoms with Crippen LogP contribution in [-0.4, -0.2) is 51.8 Å². The second-order valence-electron chi connectivity index (χ2n) is 7.19. The topological polar surface area (TPSA) is 97.9 Å². The molecule has 5 rings (SSSR count). The Morgan fingerprint density at radius 1 is 1.00 bits per heavy atom. The van der Waals surface area contributed by atoms with Crippen molar-refractivity contribution in [1.82, 2.24) is 10.6 Å². The van der Waals surface area contributed by atoms with Gasteiger partial charge < -0.3 is 30.2 Å². The lowest BCUT2D eigenvalue weighted by Gasteiger charge is -2.27. The normalized spacial score (nSPS) is 19.4. The fraction of sp³-hybridized carbons (Fsp3) is 0.364. The Kier molecular flexibility index (Phi) is 6.04. The van der Waals surface area contributed by atoms with Crippen LogP contribution in [0.3, 0.4) is 0 Å². The first kappa shape index (κ1) is 20.0. The number of carbonyl (C=O) groups excluding carboxylic acids is 2. The molecule has 0 radical (unpaired) electrons. The van der Waals surface area contributed by atoms with Crippen LogP contribution in [0.1, 0.15) is 23.5 Å². The Morgan fingerprint density at radius 3 is 2.73 bits per heavy atom. The summed E-state index contributed by atoms with van der Waals surface area (Å²) in [6, 6.07) is 11.4. The maximum atomic E-state index is 12.4. The Bertz CT molecular complexity index is 946. The number of benzene rings is 2. The maximum absolute atomic E-state index is 12.4. The summed E-state index contributed by atoms with van der Waals surface area (Å²) >= 11 is 0. The van der Waals surface area contributed by atoms with Gasteiger partial charge in [-0.3, -0.25) is 9.59 Å². The molecular weight excluding hydrogens is 386 g/mol. The molecule has 8 nitrogen and oxygen atoms in total. The Labute approximate surface area is 174 Å². The molecule has 0 saturated carbocycles. The van der Waals surface area contributed by atoms with Crippen LogP contribution >= 0.6 is 0 Å². The standard InChI is InChI=1S/C22H25N3O5/c1-28-19-5-2-14-10-20(19)30-8-6-23-13-22(27)24-7-9-29-15-3-4-16-17(14)12-21(26)25-18(16)11-15/h2-5,10-11,17,23H,6-9,12-13H2,1H3,(H,24,27)(H,25,26). The molecule has 158 valence electrons. The molecule has 0 fully saturated rings. The molecule has 3 N–H and O–H groups in total. The van der Waals surface area contributed by atoms with Gasteiger partial charge in [0.25, 0.3) is 0 Å². The number of nitrogens with one attached hydrogen (secondary N) is 3. The highest BCUT2D eigenvalue weighted by atomic mass is 16.5. The molecule has 0 aliphatic carbocycles. The molecule has 3 aliphatic heterocycles. The van der Waals surface area contributed by atoms with Crippen LogP contribution in [0.4, 0.5) is 5.69 Å². The summed E-state index contributed by atoms with van der Waals surface area (Å²) in [4.78, 5) is 24.3. The molecule has 0 aromatic heterocycles. The molecule has 0 saturated heterocycles. The number of amides is 2. The van der Waals surface area contributed by atoms with Gasteiger partial charge >= 0.3 is 0 Å². The first-order chi connectivity index (χ1) is 14.6. The van der Waals surface area contributed by atoms with E-state index in [1.54, 1.807) is 7.11 Å². The summed E-state index contributed by atoms with van der Waals surface area (Å²) in [5.41, 5.74) is 2.74. The van der Waals surface area contributed by atoms with Crippen LogP contribution < -0.4 is 30.2 Å². The highest BCUT2D eigenvalue weighted by Gasteiger charge is 2.27. The van der Waals surface area contributed by atoms with Crippen molar-refractivity contribution in [1.29, 1.82) is 0 Å². The van der Waals surface area contributed by atoms with Crippen LogP contribution in [0.5, 0.6) is 17.2 Å². The van der Waals surface area contributed by atoms with E-state index in [2.05, 4.69) is 16.0 Å². The van der Waals surface area contributed by atoms with E-state index in [0.717, 1.165) is 16.8 Å². The SMILES string of the molecule is COc1ccc2cc1OCCNCC(=O)NCCOc1ccc3c(c1)NC(=O)CC23. The maximum Gasteiger partial charge on any atom is 0.234 e. The first-order valence-corrected chi connectivity index (χ1v) is 9.99. The minimum absolute atomic E-state index is 0.0474. The van der Waals surface area contributed by atoms with Gasteiger partial charge in [-0.05, 0) is 29.3 Å². The zero-order valence-corrected chi connectivity index (χ0v) is 16.8. The summed E-state index contributed by atoms with van der Waals surface area (Å²) in [6.45, 7) is 1.82. The molecule has 8 heteroatoms. The zero-order valence-electron chi connectivity index (χ0n) is 16.8. The van der Waals surface area contributed by atoms with Crippen molar-refractivity contribution < 1.29 is 23.8 Å². The number of methoxy groups -OCH3 is 1. The first-order valence-electron chi connectivity index (χ1n) is 9.99. The van der Waals surface area contributed by atoms with E-state index in [1.807, 2.05) is 36.4 Å². The number of hydrogen-bond donors (Lipinski definition) is 3. The molecular formula is C22H25N3O5.